The number of carbonyl (C=O) groups excluding carboxylic acids is 1. The van der Waals surface area contributed by atoms with Crippen LogP contribution in [-0.2, 0) is 4.79 Å². The molecule has 3 nitrogen and oxygen atoms in total. The summed E-state index contributed by atoms with van der Waals surface area (Å²) in [5.41, 5.74) is 0.956. The average molecular weight is 276 g/mol. The Bertz CT molecular complexity index is 530. The van der Waals surface area contributed by atoms with E-state index in [2.05, 4.69) is 0 Å². The van der Waals surface area contributed by atoms with Gasteiger partial charge in [-0.1, -0.05) is 0 Å². The van der Waals surface area contributed by atoms with Crippen molar-refractivity contribution in [3.8, 4) is 11.5 Å². The number of hydrogen-bond acceptors (Lipinski definition) is 4. The van der Waals surface area contributed by atoms with Gasteiger partial charge in [0.25, 0.3) is 0 Å². The molecule has 1 saturated carbocycles. The highest BCUT2D eigenvalue weighted by Gasteiger charge is 2.59. The number of methoxy groups -OCH3 is 2. The maximum atomic E-state index is 12.1. The molecule has 2 atom stereocenters. The van der Waals surface area contributed by atoms with Crippen LogP contribution in [0.5, 0.6) is 11.5 Å². The first-order valence-corrected chi connectivity index (χ1v) is 7.30. The Balaban J connectivity index is 1.92. The van der Waals surface area contributed by atoms with Gasteiger partial charge < -0.3 is 9.47 Å². The maximum Gasteiger partial charge on any atom is 0.163 e. The monoisotopic (exact) mass is 276 g/mol. The smallest absolute Gasteiger partial charge is 0.163 e. The van der Waals surface area contributed by atoms with Crippen LogP contribution in [0.25, 0.3) is 0 Å². The third-order valence-corrected chi connectivity index (χ3v) is 5.01. The molecule has 1 aromatic carbocycles. The lowest BCUT2D eigenvalue weighted by Crippen LogP contribution is -2.20. The topological polar surface area (TPSA) is 35.5 Å². The van der Waals surface area contributed by atoms with E-state index in [9.17, 15) is 4.79 Å². The third-order valence-electron chi connectivity index (χ3n) is 4.00. The Morgan fingerprint density at radius 2 is 1.89 bits per heavy atom. The zero-order valence-corrected chi connectivity index (χ0v) is 11.8. The molecular weight excluding hydrogens is 260 g/mol. The van der Waals surface area contributed by atoms with Crippen molar-refractivity contribution in [1.29, 1.82) is 0 Å². The highest BCUT2D eigenvalue weighted by atomic mass is 32.2. The first-order valence-electron chi connectivity index (χ1n) is 6.25. The summed E-state index contributed by atoms with van der Waals surface area (Å²) >= 11 is 1.72. The molecule has 19 heavy (non-hydrogen) atoms. The zero-order valence-electron chi connectivity index (χ0n) is 11.0. The van der Waals surface area contributed by atoms with Crippen LogP contribution in [0.4, 0.5) is 0 Å². The van der Waals surface area contributed by atoms with Crippen molar-refractivity contribution < 1.29 is 14.3 Å². The summed E-state index contributed by atoms with van der Waals surface area (Å²) in [5, 5.41) is 1.90. The molecule has 0 radical (unpaired) electrons. The predicted molar refractivity (Wildman–Crippen MR) is 75.9 cm³/mol. The molecule has 0 amide bonds. The summed E-state index contributed by atoms with van der Waals surface area (Å²) in [7, 11) is 3.29. The van der Waals surface area contributed by atoms with Gasteiger partial charge in [-0.15, -0.1) is 11.8 Å². The molecule has 0 unspecified atom stereocenters. The number of rotatable bonds is 3. The first-order chi connectivity index (χ1) is 9.19. The minimum absolute atomic E-state index is 0.184. The number of carbonyl (C=O) groups is 1. The quantitative estimate of drug-likeness (QED) is 0.850. The lowest BCUT2D eigenvalue weighted by atomic mass is 9.95. The van der Waals surface area contributed by atoms with Gasteiger partial charge in [0, 0.05) is 17.2 Å². The molecule has 3 rings (SSSR count). The summed E-state index contributed by atoms with van der Waals surface area (Å²) < 4.78 is 10.6. The molecule has 4 heteroatoms. The number of allylic oxidation sites excluding steroid dienone is 1. The van der Waals surface area contributed by atoms with Gasteiger partial charge in [0.05, 0.1) is 14.2 Å². The summed E-state index contributed by atoms with van der Waals surface area (Å²) in [5.74, 6) is 3.00. The van der Waals surface area contributed by atoms with Gasteiger partial charge in [0.2, 0.25) is 0 Å². The van der Waals surface area contributed by atoms with E-state index in [4.69, 9.17) is 9.47 Å². The number of benzene rings is 1. The van der Waals surface area contributed by atoms with E-state index >= 15 is 0 Å². The summed E-state index contributed by atoms with van der Waals surface area (Å²) in [6.45, 7) is 0. The fourth-order valence-electron chi connectivity index (χ4n) is 2.75. The molecule has 1 fully saturated rings. The number of hydrogen-bond donors (Lipinski definition) is 0. The van der Waals surface area contributed by atoms with Crippen molar-refractivity contribution >= 4 is 17.5 Å². The first kappa shape index (κ1) is 12.6. The Morgan fingerprint density at radius 1 is 1.21 bits per heavy atom. The Labute approximate surface area is 117 Å². The standard InChI is InChI=1S/C15H16O3S/c1-17-11-5-10(6-12(7-11)18-2)13-8-15(13)9-19-4-3-14(15)16/h3-7,13H,8-9H2,1-2H3/t13-,15-/m1/s1. The van der Waals surface area contributed by atoms with Crippen molar-refractivity contribution in [3.63, 3.8) is 0 Å². The molecule has 0 aromatic heterocycles. The van der Waals surface area contributed by atoms with Crippen molar-refractivity contribution in [1.82, 2.24) is 0 Å². The molecule has 2 aliphatic rings. The SMILES string of the molecule is COc1cc(OC)cc([C@H]2C[C@@]23CSC=CC3=O)c1. The second kappa shape index (κ2) is 4.60. The van der Waals surface area contributed by atoms with Gasteiger partial charge in [-0.3, -0.25) is 4.79 Å². The summed E-state index contributed by atoms with van der Waals surface area (Å²) in [6.07, 6.45) is 2.64. The summed E-state index contributed by atoms with van der Waals surface area (Å²) in [6, 6.07) is 5.88. The van der Waals surface area contributed by atoms with Crippen LogP contribution in [0.3, 0.4) is 0 Å². The molecule has 1 aromatic rings. The van der Waals surface area contributed by atoms with Gasteiger partial charge in [0.15, 0.2) is 5.78 Å². The number of thioether (sulfide) groups is 1. The van der Waals surface area contributed by atoms with Crippen LogP contribution < -0.4 is 9.47 Å². The molecular formula is C15H16O3S. The second-order valence-corrected chi connectivity index (χ2v) is 5.93. The molecule has 1 heterocycles. The fraction of sp³-hybridized carbons (Fsp3) is 0.400. The van der Waals surface area contributed by atoms with Crippen molar-refractivity contribution in [2.24, 2.45) is 5.41 Å². The minimum Gasteiger partial charge on any atom is -0.497 e. The van der Waals surface area contributed by atoms with E-state index in [0.717, 1.165) is 29.2 Å². The lowest BCUT2D eigenvalue weighted by molar-refractivity contribution is -0.118. The van der Waals surface area contributed by atoms with E-state index in [1.165, 1.54) is 0 Å². The number of ketones is 1. The van der Waals surface area contributed by atoms with E-state index in [1.54, 1.807) is 32.1 Å². The van der Waals surface area contributed by atoms with E-state index in [-0.39, 0.29) is 11.2 Å². The third kappa shape index (κ3) is 2.04. The highest BCUT2D eigenvalue weighted by Crippen LogP contribution is 2.63. The lowest BCUT2D eigenvalue weighted by Gasteiger charge is -2.17. The van der Waals surface area contributed by atoms with Gasteiger partial charge in [0.1, 0.15) is 11.5 Å². The van der Waals surface area contributed by atoms with E-state index < -0.39 is 0 Å². The molecule has 0 bridgehead atoms. The zero-order chi connectivity index (χ0) is 13.5. The van der Waals surface area contributed by atoms with Gasteiger partial charge in [-0.2, -0.15) is 0 Å². The highest BCUT2D eigenvalue weighted by molar-refractivity contribution is 8.02. The Kier molecular flexibility index (Phi) is 3.05. The van der Waals surface area contributed by atoms with Crippen molar-refractivity contribution in [2.45, 2.75) is 12.3 Å². The molecule has 100 valence electrons. The van der Waals surface area contributed by atoms with E-state index in [1.807, 2.05) is 23.6 Å². The molecule has 1 aliphatic carbocycles. The predicted octanol–water partition coefficient (Wildman–Crippen LogP) is 3.01. The van der Waals surface area contributed by atoms with Crippen LogP contribution in [0.15, 0.2) is 29.7 Å². The Morgan fingerprint density at radius 3 is 2.47 bits per heavy atom. The normalized spacial score (nSPS) is 28.5. The largest absolute Gasteiger partial charge is 0.497 e. The Hall–Kier alpha value is -1.42. The minimum atomic E-state index is -0.184. The van der Waals surface area contributed by atoms with E-state index in [0.29, 0.717) is 5.92 Å². The molecule has 0 saturated heterocycles. The van der Waals surface area contributed by atoms with Crippen LogP contribution >= 0.6 is 11.8 Å². The second-order valence-electron chi connectivity index (χ2n) is 5.04. The summed E-state index contributed by atoms with van der Waals surface area (Å²) in [4.78, 5) is 12.1. The van der Waals surface area contributed by atoms with Gasteiger partial charge >= 0.3 is 0 Å². The molecule has 0 N–H and O–H groups in total. The maximum absolute atomic E-state index is 12.1. The number of ether oxygens (including phenoxy) is 2. The van der Waals surface area contributed by atoms with Crippen molar-refractivity contribution in [2.75, 3.05) is 20.0 Å². The van der Waals surface area contributed by atoms with Crippen LogP contribution in [0.1, 0.15) is 17.9 Å². The van der Waals surface area contributed by atoms with Crippen LogP contribution in [0, 0.1) is 5.41 Å². The molecule has 1 aliphatic heterocycles. The van der Waals surface area contributed by atoms with Crippen LogP contribution in [0.2, 0.25) is 0 Å². The van der Waals surface area contributed by atoms with Crippen LogP contribution in [-0.4, -0.2) is 25.8 Å². The molecule has 1 spiro atoms. The van der Waals surface area contributed by atoms with Crippen molar-refractivity contribution in [3.05, 3.63) is 35.2 Å². The van der Waals surface area contributed by atoms with Gasteiger partial charge in [-0.05, 0) is 41.5 Å². The van der Waals surface area contributed by atoms with Gasteiger partial charge in [-0.25, -0.2) is 0 Å². The average Bonchev–Trinajstić information content (AvgIpc) is 3.17. The fourth-order valence-corrected chi connectivity index (χ4v) is 3.82.